The van der Waals surface area contributed by atoms with Crippen molar-refractivity contribution in [3.05, 3.63) is 70.8 Å². The number of esters is 2. The van der Waals surface area contributed by atoms with E-state index in [1.807, 2.05) is 20.8 Å². The molecule has 0 radical (unpaired) electrons. The maximum Gasteiger partial charge on any atom is 0.349 e. The highest BCUT2D eigenvalue weighted by molar-refractivity contribution is 5.92. The third kappa shape index (κ3) is 4.64. The molecule has 154 valence electrons. The second kappa shape index (κ2) is 8.06. The second-order valence-corrected chi connectivity index (χ2v) is 7.29. The molecule has 2 rings (SSSR count). The predicted molar refractivity (Wildman–Crippen MR) is 96.8 cm³/mol. The van der Waals surface area contributed by atoms with Crippen LogP contribution in [0.2, 0.25) is 0 Å². The number of halogens is 4. The Labute approximate surface area is 164 Å². The molecule has 0 amide bonds. The Bertz CT molecular complexity index is 960. The minimum atomic E-state index is -2.05. The quantitative estimate of drug-likeness (QED) is 0.227. The standard InChI is InChI=1S/C21H18F4O4/c1-10(2)19(26)29-18-16(24)14(22)13(15(23)17(18)25)20(27)28-12-8-6-11(7-9-12)21(3,4)5/h6-9H,1H2,2-5H3. The molecule has 8 heteroatoms. The van der Waals surface area contributed by atoms with E-state index in [-0.39, 0.29) is 16.7 Å². The van der Waals surface area contributed by atoms with Gasteiger partial charge in [-0.2, -0.15) is 8.78 Å². The van der Waals surface area contributed by atoms with Gasteiger partial charge in [0.1, 0.15) is 11.3 Å². The van der Waals surface area contributed by atoms with Crippen LogP contribution in [0.4, 0.5) is 17.6 Å². The zero-order valence-corrected chi connectivity index (χ0v) is 16.2. The van der Waals surface area contributed by atoms with Crippen LogP contribution in [0, 0.1) is 23.3 Å². The van der Waals surface area contributed by atoms with Crippen LogP contribution >= 0.6 is 0 Å². The molecule has 0 aliphatic carbocycles. The molecule has 2 aromatic rings. The fourth-order valence-corrected chi connectivity index (χ4v) is 2.24. The van der Waals surface area contributed by atoms with Gasteiger partial charge in [0.05, 0.1) is 0 Å². The van der Waals surface area contributed by atoms with Gasteiger partial charge in [-0.15, -0.1) is 0 Å². The number of hydrogen-bond donors (Lipinski definition) is 0. The average molecular weight is 410 g/mol. The lowest BCUT2D eigenvalue weighted by Gasteiger charge is -2.19. The normalized spacial score (nSPS) is 11.2. The van der Waals surface area contributed by atoms with Crippen LogP contribution in [0.5, 0.6) is 11.5 Å². The van der Waals surface area contributed by atoms with Gasteiger partial charge in [0.2, 0.25) is 17.4 Å². The van der Waals surface area contributed by atoms with Crippen molar-refractivity contribution >= 4 is 11.9 Å². The van der Waals surface area contributed by atoms with Gasteiger partial charge in [0, 0.05) is 5.57 Å². The summed E-state index contributed by atoms with van der Waals surface area (Å²) in [5.74, 6) is -12.8. The summed E-state index contributed by atoms with van der Waals surface area (Å²) in [6, 6.07) is 6.03. The van der Waals surface area contributed by atoms with Crippen molar-refractivity contribution in [3.63, 3.8) is 0 Å². The van der Waals surface area contributed by atoms with Crippen molar-refractivity contribution in [2.75, 3.05) is 0 Å². The van der Waals surface area contributed by atoms with E-state index < -0.39 is 46.5 Å². The maximum absolute atomic E-state index is 14.2. The molecule has 0 spiro atoms. The summed E-state index contributed by atoms with van der Waals surface area (Å²) in [4.78, 5) is 23.5. The largest absolute Gasteiger partial charge is 0.423 e. The third-order valence-electron chi connectivity index (χ3n) is 3.90. The Morgan fingerprint density at radius 3 is 1.76 bits per heavy atom. The van der Waals surface area contributed by atoms with Gasteiger partial charge in [0.25, 0.3) is 0 Å². The number of carbonyl (C=O) groups excluding carboxylic acids is 2. The van der Waals surface area contributed by atoms with Gasteiger partial charge in [-0.1, -0.05) is 39.5 Å². The molecule has 0 atom stereocenters. The monoisotopic (exact) mass is 410 g/mol. The van der Waals surface area contributed by atoms with Gasteiger partial charge in [0.15, 0.2) is 11.6 Å². The van der Waals surface area contributed by atoms with E-state index in [0.29, 0.717) is 0 Å². The van der Waals surface area contributed by atoms with Crippen molar-refractivity contribution in [1.82, 2.24) is 0 Å². The molecule has 29 heavy (non-hydrogen) atoms. The number of benzene rings is 2. The summed E-state index contributed by atoms with van der Waals surface area (Å²) in [6.07, 6.45) is 0. The van der Waals surface area contributed by atoms with E-state index in [1.54, 1.807) is 12.1 Å². The van der Waals surface area contributed by atoms with Gasteiger partial charge in [-0.3, -0.25) is 0 Å². The summed E-state index contributed by atoms with van der Waals surface area (Å²) in [6.45, 7) is 10.2. The number of carbonyl (C=O) groups is 2. The molecule has 0 aliphatic rings. The number of ether oxygens (including phenoxy) is 2. The van der Waals surface area contributed by atoms with Crippen LogP contribution in [-0.2, 0) is 10.2 Å². The van der Waals surface area contributed by atoms with E-state index in [4.69, 9.17) is 4.74 Å². The fourth-order valence-electron chi connectivity index (χ4n) is 2.24. The summed E-state index contributed by atoms with van der Waals surface area (Å²) in [5.41, 5.74) is -1.14. The Kier molecular flexibility index (Phi) is 6.15. The first kappa shape index (κ1) is 22.1. The zero-order chi connectivity index (χ0) is 22.1. The lowest BCUT2D eigenvalue weighted by molar-refractivity contribution is -0.130. The van der Waals surface area contributed by atoms with Crippen molar-refractivity contribution in [2.24, 2.45) is 0 Å². The van der Waals surface area contributed by atoms with Crippen LogP contribution in [0.1, 0.15) is 43.6 Å². The SMILES string of the molecule is C=C(C)C(=O)Oc1c(F)c(F)c(C(=O)Oc2ccc(C(C)(C)C)cc2)c(F)c1F. The number of hydrogen-bond acceptors (Lipinski definition) is 4. The van der Waals surface area contributed by atoms with Crippen LogP contribution in [0.15, 0.2) is 36.4 Å². The fraction of sp³-hybridized carbons (Fsp3) is 0.238. The first-order valence-electron chi connectivity index (χ1n) is 8.41. The van der Waals surface area contributed by atoms with E-state index >= 15 is 0 Å². The Morgan fingerprint density at radius 2 is 1.34 bits per heavy atom. The lowest BCUT2D eigenvalue weighted by Crippen LogP contribution is -2.19. The molecular weight excluding hydrogens is 392 g/mol. The van der Waals surface area contributed by atoms with E-state index in [0.717, 1.165) is 5.56 Å². The molecule has 0 heterocycles. The second-order valence-electron chi connectivity index (χ2n) is 7.29. The summed E-state index contributed by atoms with van der Waals surface area (Å²) >= 11 is 0. The van der Waals surface area contributed by atoms with Crippen LogP contribution in [0.25, 0.3) is 0 Å². The molecular formula is C21H18F4O4. The predicted octanol–water partition coefficient (Wildman–Crippen LogP) is 5.24. The average Bonchev–Trinajstić information content (AvgIpc) is 2.63. The molecule has 0 bridgehead atoms. The molecule has 0 fully saturated rings. The minimum Gasteiger partial charge on any atom is -0.423 e. The maximum atomic E-state index is 14.2. The highest BCUT2D eigenvalue weighted by Crippen LogP contribution is 2.31. The highest BCUT2D eigenvalue weighted by Gasteiger charge is 2.32. The van der Waals surface area contributed by atoms with Crippen LogP contribution in [0.3, 0.4) is 0 Å². The van der Waals surface area contributed by atoms with Gasteiger partial charge in [-0.25, -0.2) is 18.4 Å². The van der Waals surface area contributed by atoms with Crippen molar-refractivity contribution in [2.45, 2.75) is 33.1 Å². The Morgan fingerprint density at radius 1 is 0.862 bits per heavy atom. The highest BCUT2D eigenvalue weighted by atomic mass is 19.2. The molecule has 0 aromatic heterocycles. The van der Waals surface area contributed by atoms with Crippen molar-refractivity contribution < 1.29 is 36.6 Å². The Balaban J connectivity index is 2.38. The van der Waals surface area contributed by atoms with E-state index in [9.17, 15) is 27.2 Å². The molecule has 0 unspecified atom stereocenters. The smallest absolute Gasteiger partial charge is 0.349 e. The third-order valence-corrected chi connectivity index (χ3v) is 3.90. The van der Waals surface area contributed by atoms with Crippen LogP contribution < -0.4 is 9.47 Å². The van der Waals surface area contributed by atoms with Gasteiger partial charge in [-0.05, 0) is 30.0 Å². The first-order chi connectivity index (χ1) is 13.3. The molecule has 0 saturated carbocycles. The van der Waals surface area contributed by atoms with Crippen molar-refractivity contribution in [3.8, 4) is 11.5 Å². The molecule has 4 nitrogen and oxygen atoms in total. The summed E-state index contributed by atoms with van der Waals surface area (Å²) < 4.78 is 65.8. The van der Waals surface area contributed by atoms with Gasteiger partial charge >= 0.3 is 11.9 Å². The summed E-state index contributed by atoms with van der Waals surface area (Å²) in [5, 5.41) is 0. The minimum absolute atomic E-state index is 0.0830. The van der Waals surface area contributed by atoms with Gasteiger partial charge < -0.3 is 9.47 Å². The zero-order valence-electron chi connectivity index (χ0n) is 16.2. The Hall–Kier alpha value is -3.16. The molecule has 2 aromatic carbocycles. The number of rotatable bonds is 4. The van der Waals surface area contributed by atoms with E-state index in [2.05, 4.69) is 11.3 Å². The molecule has 0 aliphatic heterocycles. The molecule has 0 N–H and O–H groups in total. The molecule has 0 saturated heterocycles. The lowest BCUT2D eigenvalue weighted by atomic mass is 9.87. The first-order valence-corrected chi connectivity index (χ1v) is 8.41. The van der Waals surface area contributed by atoms with Crippen molar-refractivity contribution in [1.29, 1.82) is 0 Å². The summed E-state index contributed by atoms with van der Waals surface area (Å²) in [7, 11) is 0. The van der Waals surface area contributed by atoms with Crippen LogP contribution in [-0.4, -0.2) is 11.9 Å². The van der Waals surface area contributed by atoms with E-state index in [1.165, 1.54) is 19.1 Å². The topological polar surface area (TPSA) is 52.6 Å².